The van der Waals surface area contributed by atoms with Crippen molar-refractivity contribution >= 4 is 29.7 Å². The normalized spacial score (nSPS) is 11.6. The van der Waals surface area contributed by atoms with Crippen molar-refractivity contribution in [3.05, 3.63) is 71.4 Å². The molecular formula is C23H26N2O6. The van der Waals surface area contributed by atoms with Crippen LogP contribution in [0.3, 0.4) is 0 Å². The molecule has 8 heteroatoms. The molecule has 2 aromatic carbocycles. The largest absolute Gasteiger partial charge is 0.478 e. The van der Waals surface area contributed by atoms with Crippen molar-refractivity contribution < 1.29 is 29.0 Å². The van der Waals surface area contributed by atoms with E-state index >= 15 is 0 Å². The Hall–Kier alpha value is -3.81. The highest BCUT2D eigenvalue weighted by atomic mass is 16.5. The molecule has 0 aliphatic carbocycles. The molecule has 0 amide bonds. The number of hydrogen-bond donors (Lipinski definition) is 2. The van der Waals surface area contributed by atoms with Gasteiger partial charge in [0.25, 0.3) is 0 Å². The summed E-state index contributed by atoms with van der Waals surface area (Å²) in [5.74, 6) is -2.31. The molecule has 0 saturated carbocycles. The molecule has 0 radical (unpaired) electrons. The van der Waals surface area contributed by atoms with Crippen LogP contribution in [0.25, 0.3) is 6.08 Å². The van der Waals surface area contributed by atoms with Gasteiger partial charge >= 0.3 is 17.9 Å². The van der Waals surface area contributed by atoms with Crippen LogP contribution in [0.15, 0.2) is 54.7 Å². The van der Waals surface area contributed by atoms with Crippen molar-refractivity contribution in [3.8, 4) is 0 Å². The molecule has 2 rings (SSSR count). The smallest absolute Gasteiger partial charge is 0.335 e. The zero-order valence-corrected chi connectivity index (χ0v) is 17.7. The number of methoxy groups -OCH3 is 2. The number of rotatable bonds is 10. The van der Waals surface area contributed by atoms with E-state index in [4.69, 9.17) is 4.74 Å². The number of nitrogens with one attached hydrogen (secondary N) is 1. The summed E-state index contributed by atoms with van der Waals surface area (Å²) >= 11 is 0. The fourth-order valence-corrected chi connectivity index (χ4v) is 2.99. The number of carboxylic acids is 1. The van der Waals surface area contributed by atoms with Gasteiger partial charge in [-0.1, -0.05) is 36.4 Å². The third-order valence-electron chi connectivity index (χ3n) is 4.73. The number of carboxylic acid groups (broad SMARTS) is 1. The van der Waals surface area contributed by atoms with Crippen LogP contribution < -0.4 is 10.2 Å². The first-order valence-electron chi connectivity index (χ1n) is 9.56. The Balaban J connectivity index is 2.30. The zero-order valence-electron chi connectivity index (χ0n) is 17.7. The average Bonchev–Trinajstić information content (AvgIpc) is 2.79. The van der Waals surface area contributed by atoms with Crippen LogP contribution in [0, 0.1) is 0 Å². The molecule has 0 saturated heterocycles. The lowest BCUT2D eigenvalue weighted by Crippen LogP contribution is -2.42. The van der Waals surface area contributed by atoms with Crippen LogP contribution in [-0.2, 0) is 25.6 Å². The molecule has 0 heterocycles. The van der Waals surface area contributed by atoms with Crippen molar-refractivity contribution in [2.24, 2.45) is 0 Å². The number of anilines is 1. The molecule has 0 bridgehead atoms. The maximum Gasteiger partial charge on any atom is 0.335 e. The van der Waals surface area contributed by atoms with Gasteiger partial charge in [-0.05, 0) is 35.5 Å². The van der Waals surface area contributed by atoms with Gasteiger partial charge in [0, 0.05) is 19.3 Å². The van der Waals surface area contributed by atoms with Crippen LogP contribution in [0.4, 0.5) is 5.69 Å². The summed E-state index contributed by atoms with van der Waals surface area (Å²) < 4.78 is 9.52. The minimum atomic E-state index is -1.10. The highest BCUT2D eigenvalue weighted by molar-refractivity contribution is 5.90. The Morgan fingerprint density at radius 3 is 2.42 bits per heavy atom. The molecule has 164 valence electrons. The summed E-state index contributed by atoms with van der Waals surface area (Å²) in [5, 5.41) is 12.6. The molecule has 0 aliphatic heterocycles. The number of aromatic carboxylic acids is 1. The SMILES string of the molecule is COC(=O)CC(C(=O)OC)N(C)c1cc(C(=O)O)ccc1CNC=Cc1ccccc1. The summed E-state index contributed by atoms with van der Waals surface area (Å²) in [6.07, 6.45) is 3.46. The van der Waals surface area contributed by atoms with Crippen molar-refractivity contribution in [1.29, 1.82) is 0 Å². The molecule has 0 aliphatic rings. The number of esters is 2. The summed E-state index contributed by atoms with van der Waals surface area (Å²) in [5.41, 5.74) is 2.31. The van der Waals surface area contributed by atoms with Gasteiger partial charge in [-0.25, -0.2) is 9.59 Å². The quantitative estimate of drug-likeness (QED) is 0.559. The second-order valence-corrected chi connectivity index (χ2v) is 6.70. The highest BCUT2D eigenvalue weighted by Crippen LogP contribution is 2.25. The second kappa shape index (κ2) is 11.4. The molecule has 8 nitrogen and oxygen atoms in total. The first kappa shape index (κ1) is 23.5. The molecule has 0 aromatic heterocycles. The van der Waals surface area contributed by atoms with E-state index in [1.54, 1.807) is 19.3 Å². The Morgan fingerprint density at radius 1 is 1.10 bits per heavy atom. The van der Waals surface area contributed by atoms with Crippen LogP contribution in [0.2, 0.25) is 0 Å². The van der Waals surface area contributed by atoms with Crippen molar-refractivity contribution in [1.82, 2.24) is 5.32 Å². The summed E-state index contributed by atoms with van der Waals surface area (Å²) in [6.45, 7) is 0.370. The van der Waals surface area contributed by atoms with Gasteiger partial charge in [0.2, 0.25) is 0 Å². The predicted octanol–water partition coefficient (Wildman–Crippen LogP) is 2.69. The predicted molar refractivity (Wildman–Crippen MR) is 117 cm³/mol. The van der Waals surface area contributed by atoms with E-state index in [1.807, 2.05) is 36.4 Å². The molecule has 2 aromatic rings. The Kier molecular flexibility index (Phi) is 8.63. The third kappa shape index (κ3) is 6.60. The van der Waals surface area contributed by atoms with E-state index in [2.05, 4.69) is 10.1 Å². The van der Waals surface area contributed by atoms with E-state index in [0.717, 1.165) is 11.1 Å². The second-order valence-electron chi connectivity index (χ2n) is 6.70. The van der Waals surface area contributed by atoms with Gasteiger partial charge in [0.05, 0.1) is 26.2 Å². The van der Waals surface area contributed by atoms with E-state index in [0.29, 0.717) is 12.2 Å². The van der Waals surface area contributed by atoms with Gasteiger partial charge in [0.1, 0.15) is 6.04 Å². The molecule has 0 spiro atoms. The number of nitrogens with zero attached hydrogens (tertiary/aromatic N) is 1. The van der Waals surface area contributed by atoms with E-state index in [1.165, 1.54) is 31.3 Å². The lowest BCUT2D eigenvalue weighted by Gasteiger charge is -2.29. The number of carbonyl (C=O) groups is 3. The maximum atomic E-state index is 12.3. The van der Waals surface area contributed by atoms with Crippen LogP contribution >= 0.6 is 0 Å². The fourth-order valence-electron chi connectivity index (χ4n) is 2.99. The molecule has 2 N–H and O–H groups in total. The molecular weight excluding hydrogens is 400 g/mol. The van der Waals surface area contributed by atoms with Crippen molar-refractivity contribution in [2.75, 3.05) is 26.2 Å². The number of benzene rings is 2. The number of hydrogen-bond acceptors (Lipinski definition) is 7. The number of ether oxygens (including phenoxy) is 2. The van der Waals surface area contributed by atoms with Gasteiger partial charge in [-0.3, -0.25) is 4.79 Å². The zero-order chi connectivity index (χ0) is 22.8. The lowest BCUT2D eigenvalue weighted by atomic mass is 10.0. The van der Waals surface area contributed by atoms with Gasteiger partial charge in [-0.15, -0.1) is 0 Å². The first-order valence-corrected chi connectivity index (χ1v) is 9.56. The monoisotopic (exact) mass is 426 g/mol. The topological polar surface area (TPSA) is 105 Å². The number of likely N-dealkylation sites (N-methyl/N-ethyl adjacent to an activating group) is 1. The van der Waals surface area contributed by atoms with Gasteiger partial charge < -0.3 is 24.8 Å². The van der Waals surface area contributed by atoms with Gasteiger partial charge in [0.15, 0.2) is 0 Å². The van der Waals surface area contributed by atoms with Crippen LogP contribution in [0.1, 0.15) is 27.9 Å². The standard InChI is InChI=1S/C23H26N2O6/c1-25(20(23(29)31-3)14-21(26)30-2)19-13-17(22(27)28)9-10-18(19)15-24-12-11-16-7-5-4-6-8-16/h4-13,20,24H,14-15H2,1-3H3,(H,27,28). The Labute approximate surface area is 181 Å². The van der Waals surface area contributed by atoms with E-state index < -0.39 is 23.9 Å². The number of carbonyl (C=O) groups excluding carboxylic acids is 2. The lowest BCUT2D eigenvalue weighted by molar-refractivity contribution is -0.148. The summed E-state index contributed by atoms with van der Waals surface area (Å²) in [6, 6.07) is 13.4. The molecule has 1 atom stereocenters. The Bertz CT molecular complexity index is 942. The minimum absolute atomic E-state index is 0.0621. The van der Waals surface area contributed by atoms with Gasteiger partial charge in [-0.2, -0.15) is 0 Å². The Morgan fingerprint density at radius 2 is 1.81 bits per heavy atom. The van der Waals surface area contributed by atoms with Crippen molar-refractivity contribution in [2.45, 2.75) is 19.0 Å². The van der Waals surface area contributed by atoms with Crippen LogP contribution in [-0.4, -0.2) is 50.3 Å². The van der Waals surface area contributed by atoms with E-state index in [9.17, 15) is 19.5 Å². The summed E-state index contributed by atoms with van der Waals surface area (Å²) in [4.78, 5) is 37.1. The highest BCUT2D eigenvalue weighted by Gasteiger charge is 2.29. The summed E-state index contributed by atoms with van der Waals surface area (Å²) in [7, 11) is 4.07. The van der Waals surface area contributed by atoms with E-state index in [-0.39, 0.29) is 12.0 Å². The minimum Gasteiger partial charge on any atom is -0.478 e. The fraction of sp³-hybridized carbons (Fsp3) is 0.261. The third-order valence-corrected chi connectivity index (χ3v) is 4.73. The van der Waals surface area contributed by atoms with Crippen molar-refractivity contribution in [3.63, 3.8) is 0 Å². The molecule has 0 fully saturated rings. The van der Waals surface area contributed by atoms with Crippen LogP contribution in [0.5, 0.6) is 0 Å². The first-order chi connectivity index (χ1) is 14.9. The average molecular weight is 426 g/mol. The maximum absolute atomic E-state index is 12.3. The molecule has 1 unspecified atom stereocenters. The molecule has 31 heavy (non-hydrogen) atoms.